The molecule has 0 aliphatic heterocycles. The monoisotopic (exact) mass is 806 g/mol. The van der Waals surface area contributed by atoms with Gasteiger partial charge in [0.05, 0.1) is 0 Å². The molecule has 0 spiro atoms. The Morgan fingerprint density at radius 2 is 0.579 bits per heavy atom. The first-order valence-electron chi connectivity index (χ1n) is 19.1. The first-order valence-corrected chi connectivity index (χ1v) is 21.8. The summed E-state index contributed by atoms with van der Waals surface area (Å²) < 4.78 is 0. The molecule has 272 valence electrons. The van der Waals surface area contributed by atoms with Gasteiger partial charge in [0.25, 0.3) is 0 Å². The largest absolute Gasteiger partial charge is 2.00 e. The summed E-state index contributed by atoms with van der Waals surface area (Å²) in [5.41, 5.74) is 8.05. The van der Waals surface area contributed by atoms with E-state index in [4.69, 9.17) is 0 Å². The van der Waals surface area contributed by atoms with Crippen molar-refractivity contribution in [2.75, 3.05) is 0 Å². The molecule has 10 rings (SSSR count). The van der Waals surface area contributed by atoms with Gasteiger partial charge >= 0.3 is 17.1 Å². The summed E-state index contributed by atoms with van der Waals surface area (Å²) in [6.07, 6.45) is 22.5. The first-order chi connectivity index (χ1) is 27.8. The molecule has 0 nitrogen and oxygen atoms in total. The van der Waals surface area contributed by atoms with Gasteiger partial charge in [-0.05, 0) is 85.0 Å². The van der Waals surface area contributed by atoms with E-state index in [1.807, 2.05) is 0 Å². The first kappa shape index (κ1) is 39.5. The molecule has 0 heterocycles. The van der Waals surface area contributed by atoms with Crippen molar-refractivity contribution in [2.24, 2.45) is 0 Å². The van der Waals surface area contributed by atoms with Gasteiger partial charge in [-0.2, -0.15) is 0 Å². The van der Waals surface area contributed by atoms with E-state index in [0.717, 1.165) is 0 Å². The fourth-order valence-corrected chi connectivity index (χ4v) is 12.7. The molecule has 0 unspecified atom stereocenters. The molecule has 4 aliphatic rings. The van der Waals surface area contributed by atoms with Gasteiger partial charge in [-0.3, -0.25) is 0 Å². The van der Waals surface area contributed by atoms with Crippen LogP contribution in [0.5, 0.6) is 0 Å². The van der Waals surface area contributed by atoms with E-state index < -0.39 is 15.8 Å². The van der Waals surface area contributed by atoms with Crippen molar-refractivity contribution in [2.45, 2.75) is 0 Å². The van der Waals surface area contributed by atoms with Crippen LogP contribution in [0.3, 0.4) is 0 Å². The van der Waals surface area contributed by atoms with E-state index >= 15 is 0 Å². The molecule has 0 atom stereocenters. The summed E-state index contributed by atoms with van der Waals surface area (Å²) >= 11 is 0. The van der Waals surface area contributed by atoms with E-state index in [0.29, 0.717) is 0 Å². The van der Waals surface area contributed by atoms with E-state index in [2.05, 4.69) is 244 Å². The van der Waals surface area contributed by atoms with Crippen molar-refractivity contribution in [1.82, 2.24) is 0 Å². The average Bonchev–Trinajstić information content (AvgIpc) is 3.91. The Hall–Kier alpha value is -4.34. The summed E-state index contributed by atoms with van der Waals surface area (Å²) in [5, 5.41) is 5.55. The zero-order chi connectivity index (χ0) is 37.5. The van der Waals surface area contributed by atoms with Crippen LogP contribution in [0, 0.1) is 60.7 Å². The second-order valence-electron chi connectivity index (χ2n) is 13.7. The third kappa shape index (κ3) is 8.61. The normalized spacial score (nSPS) is 17.4. The summed E-state index contributed by atoms with van der Waals surface area (Å²) in [6.45, 7) is 0. The Kier molecular flexibility index (Phi) is 13.1. The zero-order valence-electron chi connectivity index (χ0n) is 31.3. The summed E-state index contributed by atoms with van der Waals surface area (Å²) in [7, 11) is -1.23. The standard InChI is InChI=1S/2C27H20P.Fe/c2*1-4-11-21(12-5-1)25-18-10-13-22-19-20-26(27(22)25)28(23-14-6-2-7-15-23)24-16-8-3-9-17-24;/h2*1-20H;/q;;+2. The molecule has 57 heavy (non-hydrogen) atoms. The Morgan fingerprint density at radius 3 is 0.877 bits per heavy atom. The molecule has 0 amide bonds. The maximum atomic E-state index is 2.34. The number of allylic oxidation sites excluding steroid dienone is 8. The molecular weight excluding hydrogens is 766 g/mol. The average molecular weight is 807 g/mol. The molecule has 6 aromatic carbocycles. The Morgan fingerprint density at radius 1 is 0.298 bits per heavy atom. The van der Waals surface area contributed by atoms with E-state index in [1.54, 1.807) is 0 Å². The predicted octanol–water partition coefficient (Wildman–Crippen LogP) is 11.7. The summed E-state index contributed by atoms with van der Waals surface area (Å²) in [5.74, 6) is 5.39. The molecular formula is C54H40FeP2+2. The minimum absolute atomic E-state index is 0. The summed E-state index contributed by atoms with van der Waals surface area (Å²) in [6, 6.07) is 65.2. The summed E-state index contributed by atoms with van der Waals surface area (Å²) in [4.78, 5) is 0. The minimum atomic E-state index is -0.615. The quantitative estimate of drug-likeness (QED) is 0.106. The van der Waals surface area contributed by atoms with Crippen LogP contribution in [0.25, 0.3) is 11.1 Å². The Labute approximate surface area is 353 Å². The second-order valence-corrected chi connectivity index (χ2v) is 18.1. The molecule has 4 aliphatic carbocycles. The van der Waals surface area contributed by atoms with E-state index in [-0.39, 0.29) is 17.1 Å². The van der Waals surface area contributed by atoms with Crippen molar-refractivity contribution in [3.05, 3.63) is 290 Å². The van der Waals surface area contributed by atoms with Gasteiger partial charge in [-0.25, -0.2) is 0 Å². The van der Waals surface area contributed by atoms with E-state index in [9.17, 15) is 0 Å². The molecule has 0 saturated heterocycles. The minimum Gasteiger partial charge on any atom is -0.0761 e. The Bertz CT molecular complexity index is 2040. The molecule has 6 aromatic rings. The maximum absolute atomic E-state index is 2.34. The van der Waals surface area contributed by atoms with Crippen molar-refractivity contribution < 1.29 is 17.1 Å². The van der Waals surface area contributed by atoms with Gasteiger partial charge in [0, 0.05) is 35.0 Å². The van der Waals surface area contributed by atoms with Crippen molar-refractivity contribution in [1.29, 1.82) is 0 Å². The van der Waals surface area contributed by atoms with Crippen molar-refractivity contribution >= 4 is 48.2 Å². The van der Waals surface area contributed by atoms with Gasteiger partial charge < -0.3 is 0 Å². The van der Waals surface area contributed by atoms with E-state index in [1.165, 1.54) is 78.5 Å². The van der Waals surface area contributed by atoms with Gasteiger partial charge in [-0.15, -0.1) is 0 Å². The smallest absolute Gasteiger partial charge is 0.0761 e. The van der Waals surface area contributed by atoms with Crippen LogP contribution >= 0.6 is 15.8 Å². The fourth-order valence-electron chi connectivity index (χ4n) is 7.75. The fraction of sp³-hybridized carbons (Fsp3) is 0. The zero-order valence-corrected chi connectivity index (χ0v) is 34.2. The van der Waals surface area contributed by atoms with Crippen LogP contribution < -0.4 is 21.2 Å². The van der Waals surface area contributed by atoms with Gasteiger partial charge in [0.1, 0.15) is 0 Å². The van der Waals surface area contributed by atoms with Gasteiger partial charge in [0.15, 0.2) is 0 Å². The topological polar surface area (TPSA) is 0 Å². The van der Waals surface area contributed by atoms with Gasteiger partial charge in [-0.1, -0.05) is 218 Å². The van der Waals surface area contributed by atoms with Crippen molar-refractivity contribution in [3.8, 4) is 0 Å². The predicted molar refractivity (Wildman–Crippen MR) is 242 cm³/mol. The van der Waals surface area contributed by atoms with Crippen molar-refractivity contribution in [3.63, 3.8) is 0 Å². The maximum Gasteiger partial charge on any atom is 2.00 e. The van der Waals surface area contributed by atoms with Crippen LogP contribution in [0.1, 0.15) is 11.1 Å². The van der Waals surface area contributed by atoms with Gasteiger partial charge in [0.2, 0.25) is 0 Å². The van der Waals surface area contributed by atoms with Crippen LogP contribution in [0.4, 0.5) is 0 Å². The third-order valence-electron chi connectivity index (χ3n) is 10.3. The number of hydrogen-bond donors (Lipinski definition) is 0. The van der Waals surface area contributed by atoms with Crippen LogP contribution in [-0.2, 0) is 17.1 Å². The molecule has 2 saturated carbocycles. The molecule has 0 bridgehead atoms. The molecule has 0 N–H and O–H groups in total. The molecule has 3 heteroatoms. The third-order valence-corrected chi connectivity index (χ3v) is 15.2. The number of rotatable bonds is 8. The second kappa shape index (κ2) is 18.9. The van der Waals surface area contributed by atoms with Crippen LogP contribution in [-0.4, -0.2) is 0 Å². The SMILES string of the molecule is [CH]1[CH][C](P(c2ccccc2)c2ccccc2)[C]2[C]1C=CC=C2c1ccccc1.[CH]1[CH][C](P(c2ccccc2)c2ccccc2)[C]2[C]1C=CC=C2c1ccccc1.[Fe+2]. The molecule has 0 aromatic heterocycles. The Balaban J connectivity index is 0.000000157. The number of hydrogen-bond acceptors (Lipinski definition) is 0. The van der Waals surface area contributed by atoms with Crippen LogP contribution in [0.2, 0.25) is 0 Å². The number of benzene rings is 6. The van der Waals surface area contributed by atoms with Crippen LogP contribution in [0.15, 0.2) is 218 Å². The number of fused-ring (bicyclic) bond motifs is 2. The molecule has 10 radical (unpaired) electrons. The molecule has 2 fully saturated rings.